The van der Waals surface area contributed by atoms with Gasteiger partial charge in [0.15, 0.2) is 5.69 Å². The lowest BCUT2D eigenvalue weighted by atomic mass is 9.95. The molecule has 4 heteroatoms. The summed E-state index contributed by atoms with van der Waals surface area (Å²) in [7, 11) is 0. The number of H-pyrrole nitrogens is 1. The SMILES string of the molecule is CC(Cc1ccccc1N)Cc1[nH]cnc1C#N. The van der Waals surface area contributed by atoms with Crippen molar-refractivity contribution in [1.82, 2.24) is 9.97 Å². The van der Waals surface area contributed by atoms with Crippen molar-refractivity contribution in [3.8, 4) is 6.07 Å². The van der Waals surface area contributed by atoms with Gasteiger partial charge in [0, 0.05) is 5.69 Å². The van der Waals surface area contributed by atoms with E-state index in [1.807, 2.05) is 24.3 Å². The zero-order chi connectivity index (χ0) is 13.0. The van der Waals surface area contributed by atoms with Crippen molar-refractivity contribution in [2.75, 3.05) is 5.73 Å². The van der Waals surface area contributed by atoms with Crippen LogP contribution >= 0.6 is 0 Å². The minimum Gasteiger partial charge on any atom is -0.399 e. The van der Waals surface area contributed by atoms with Crippen LogP contribution in [0.1, 0.15) is 23.9 Å². The van der Waals surface area contributed by atoms with Crippen molar-refractivity contribution in [2.45, 2.75) is 19.8 Å². The molecule has 1 heterocycles. The van der Waals surface area contributed by atoms with Gasteiger partial charge in [0.25, 0.3) is 0 Å². The Balaban J connectivity index is 2.04. The van der Waals surface area contributed by atoms with Gasteiger partial charge >= 0.3 is 0 Å². The van der Waals surface area contributed by atoms with Crippen LogP contribution in [-0.4, -0.2) is 9.97 Å². The maximum atomic E-state index is 8.90. The molecule has 0 radical (unpaired) electrons. The first-order valence-corrected chi connectivity index (χ1v) is 5.96. The van der Waals surface area contributed by atoms with Crippen LogP contribution < -0.4 is 5.73 Å². The fourth-order valence-electron chi connectivity index (χ4n) is 2.09. The van der Waals surface area contributed by atoms with Crippen LogP contribution in [0, 0.1) is 17.2 Å². The summed E-state index contributed by atoms with van der Waals surface area (Å²) < 4.78 is 0. The average Bonchev–Trinajstić information content (AvgIpc) is 2.79. The molecule has 0 aliphatic heterocycles. The molecule has 0 saturated heterocycles. The fourth-order valence-corrected chi connectivity index (χ4v) is 2.09. The Morgan fingerprint density at radius 1 is 1.39 bits per heavy atom. The lowest BCUT2D eigenvalue weighted by Gasteiger charge is -2.12. The van der Waals surface area contributed by atoms with Crippen molar-refractivity contribution < 1.29 is 0 Å². The summed E-state index contributed by atoms with van der Waals surface area (Å²) in [4.78, 5) is 6.99. The number of nitrogens with one attached hydrogen (secondary N) is 1. The molecule has 1 aromatic carbocycles. The number of imidazole rings is 1. The molecule has 0 aliphatic carbocycles. The van der Waals surface area contributed by atoms with Gasteiger partial charge in [0.1, 0.15) is 6.07 Å². The number of rotatable bonds is 4. The highest BCUT2D eigenvalue weighted by Crippen LogP contribution is 2.18. The van der Waals surface area contributed by atoms with Crippen molar-refractivity contribution in [2.24, 2.45) is 5.92 Å². The predicted octanol–water partition coefficient (Wildman–Crippen LogP) is 2.28. The van der Waals surface area contributed by atoms with Gasteiger partial charge in [-0.2, -0.15) is 5.26 Å². The van der Waals surface area contributed by atoms with Crippen LogP contribution in [0.4, 0.5) is 5.69 Å². The van der Waals surface area contributed by atoms with Crippen molar-refractivity contribution in [3.05, 3.63) is 47.5 Å². The minimum atomic E-state index is 0.405. The van der Waals surface area contributed by atoms with Crippen LogP contribution in [-0.2, 0) is 12.8 Å². The van der Waals surface area contributed by atoms with Crippen molar-refractivity contribution >= 4 is 5.69 Å². The molecule has 1 atom stereocenters. The van der Waals surface area contributed by atoms with E-state index in [0.717, 1.165) is 29.8 Å². The third-order valence-electron chi connectivity index (χ3n) is 3.00. The Kier molecular flexibility index (Phi) is 3.63. The summed E-state index contributed by atoms with van der Waals surface area (Å²) in [5.41, 5.74) is 9.30. The van der Waals surface area contributed by atoms with E-state index in [2.05, 4.69) is 23.0 Å². The molecule has 0 spiro atoms. The van der Waals surface area contributed by atoms with Gasteiger partial charge in [0.05, 0.1) is 12.0 Å². The zero-order valence-corrected chi connectivity index (χ0v) is 10.4. The molecule has 1 unspecified atom stereocenters. The number of nitrogens with two attached hydrogens (primary N) is 1. The topological polar surface area (TPSA) is 78.5 Å². The number of nitrogens with zero attached hydrogens (tertiary/aromatic N) is 2. The number of aromatic nitrogens is 2. The number of hydrogen-bond acceptors (Lipinski definition) is 3. The zero-order valence-electron chi connectivity index (χ0n) is 10.4. The van der Waals surface area contributed by atoms with Crippen LogP contribution in [0.15, 0.2) is 30.6 Å². The number of nitriles is 1. The summed E-state index contributed by atoms with van der Waals surface area (Å²) in [5, 5.41) is 8.90. The molecule has 18 heavy (non-hydrogen) atoms. The van der Waals surface area contributed by atoms with E-state index in [0.29, 0.717) is 11.6 Å². The van der Waals surface area contributed by atoms with E-state index >= 15 is 0 Å². The second-order valence-corrected chi connectivity index (χ2v) is 4.55. The Labute approximate surface area is 106 Å². The summed E-state index contributed by atoms with van der Waals surface area (Å²) in [6, 6.07) is 9.98. The summed E-state index contributed by atoms with van der Waals surface area (Å²) in [6.07, 6.45) is 3.27. The first kappa shape index (κ1) is 12.2. The number of benzene rings is 1. The summed E-state index contributed by atoms with van der Waals surface area (Å²) in [6.45, 7) is 2.15. The Morgan fingerprint density at radius 3 is 2.89 bits per heavy atom. The fraction of sp³-hybridized carbons (Fsp3) is 0.286. The van der Waals surface area contributed by atoms with Crippen molar-refractivity contribution in [1.29, 1.82) is 5.26 Å². The molecule has 2 rings (SSSR count). The third-order valence-corrected chi connectivity index (χ3v) is 3.00. The van der Waals surface area contributed by atoms with Gasteiger partial charge < -0.3 is 10.7 Å². The molecule has 92 valence electrons. The first-order chi connectivity index (χ1) is 8.70. The average molecular weight is 240 g/mol. The van der Waals surface area contributed by atoms with E-state index in [9.17, 15) is 0 Å². The number of nitrogen functional groups attached to an aromatic ring is 1. The second-order valence-electron chi connectivity index (χ2n) is 4.55. The quantitative estimate of drug-likeness (QED) is 0.805. The maximum Gasteiger partial charge on any atom is 0.161 e. The summed E-state index contributed by atoms with van der Waals surface area (Å²) in [5.74, 6) is 0.405. The molecule has 0 aliphatic rings. The van der Waals surface area contributed by atoms with Gasteiger partial charge in [-0.05, 0) is 30.4 Å². The normalized spacial score (nSPS) is 12.0. The van der Waals surface area contributed by atoms with E-state index in [4.69, 9.17) is 11.0 Å². The van der Waals surface area contributed by atoms with Gasteiger partial charge in [-0.25, -0.2) is 4.98 Å². The highest BCUT2D eigenvalue weighted by molar-refractivity contribution is 5.46. The van der Waals surface area contributed by atoms with Gasteiger partial charge in [-0.15, -0.1) is 0 Å². The van der Waals surface area contributed by atoms with Crippen LogP contribution in [0.5, 0.6) is 0 Å². The molecule has 3 N–H and O–H groups in total. The van der Waals surface area contributed by atoms with Crippen LogP contribution in [0.2, 0.25) is 0 Å². The number of aromatic amines is 1. The Hall–Kier alpha value is -2.28. The number of hydrogen-bond donors (Lipinski definition) is 2. The number of anilines is 1. The highest BCUT2D eigenvalue weighted by Gasteiger charge is 2.11. The monoisotopic (exact) mass is 240 g/mol. The van der Waals surface area contributed by atoms with E-state index in [-0.39, 0.29) is 0 Å². The van der Waals surface area contributed by atoms with Gasteiger partial charge in [0.2, 0.25) is 0 Å². The van der Waals surface area contributed by atoms with E-state index < -0.39 is 0 Å². The predicted molar refractivity (Wildman–Crippen MR) is 70.7 cm³/mol. The Bertz CT molecular complexity index is 561. The standard InChI is InChI=1S/C14H16N4/c1-10(6-11-4-2-3-5-12(11)16)7-13-14(8-15)18-9-17-13/h2-5,9-10H,6-7,16H2,1H3,(H,17,18). The maximum absolute atomic E-state index is 8.90. The smallest absolute Gasteiger partial charge is 0.161 e. The molecular weight excluding hydrogens is 224 g/mol. The lowest BCUT2D eigenvalue weighted by Crippen LogP contribution is -2.07. The minimum absolute atomic E-state index is 0.405. The first-order valence-electron chi connectivity index (χ1n) is 5.96. The second kappa shape index (κ2) is 5.37. The highest BCUT2D eigenvalue weighted by atomic mass is 14.9. The Morgan fingerprint density at radius 2 is 2.17 bits per heavy atom. The molecule has 0 saturated carbocycles. The third kappa shape index (κ3) is 2.69. The van der Waals surface area contributed by atoms with Gasteiger partial charge in [-0.3, -0.25) is 0 Å². The number of para-hydroxylation sites is 1. The molecular formula is C14H16N4. The largest absolute Gasteiger partial charge is 0.399 e. The molecule has 2 aromatic rings. The molecule has 0 bridgehead atoms. The van der Waals surface area contributed by atoms with E-state index in [1.54, 1.807) is 6.33 Å². The van der Waals surface area contributed by atoms with Gasteiger partial charge in [-0.1, -0.05) is 25.1 Å². The molecule has 0 amide bonds. The van der Waals surface area contributed by atoms with Crippen molar-refractivity contribution in [3.63, 3.8) is 0 Å². The summed E-state index contributed by atoms with van der Waals surface area (Å²) >= 11 is 0. The van der Waals surface area contributed by atoms with Crippen LogP contribution in [0.25, 0.3) is 0 Å². The van der Waals surface area contributed by atoms with Crippen LogP contribution in [0.3, 0.4) is 0 Å². The molecule has 4 nitrogen and oxygen atoms in total. The molecule has 1 aromatic heterocycles. The molecule has 0 fully saturated rings. The lowest BCUT2D eigenvalue weighted by molar-refractivity contribution is 0.570. The van der Waals surface area contributed by atoms with E-state index in [1.165, 1.54) is 0 Å².